The fourth-order valence-electron chi connectivity index (χ4n) is 2.92. The van der Waals surface area contributed by atoms with Crippen LogP contribution in [0.5, 0.6) is 11.5 Å². The van der Waals surface area contributed by atoms with Crippen LogP contribution in [-0.4, -0.2) is 45.3 Å². The van der Waals surface area contributed by atoms with Gasteiger partial charge in [-0.1, -0.05) is 56.6 Å². The van der Waals surface area contributed by atoms with Gasteiger partial charge in [0.15, 0.2) is 21.4 Å². The van der Waals surface area contributed by atoms with Crippen LogP contribution in [0.25, 0.3) is 0 Å². The number of ketones is 1. The van der Waals surface area contributed by atoms with Crippen molar-refractivity contribution in [3.8, 4) is 11.5 Å². The Morgan fingerprint density at radius 3 is 2.06 bits per heavy atom. The van der Waals surface area contributed by atoms with Gasteiger partial charge in [-0.3, -0.25) is 4.79 Å². The molecule has 0 radical (unpaired) electrons. The van der Waals surface area contributed by atoms with E-state index in [0.717, 1.165) is 17.4 Å². The van der Waals surface area contributed by atoms with Gasteiger partial charge < -0.3 is 9.47 Å². The maximum Gasteiger partial charge on any atom is 0.185 e. The summed E-state index contributed by atoms with van der Waals surface area (Å²) < 4.78 is 33.4. The quantitative estimate of drug-likeness (QED) is 0.269. The van der Waals surface area contributed by atoms with Crippen LogP contribution in [0.3, 0.4) is 0 Å². The Hall–Kier alpha value is -1.47. The maximum absolute atomic E-state index is 11.7. The summed E-state index contributed by atoms with van der Waals surface area (Å²) in [5.74, 6) is 0.373. The zero-order valence-corrected chi connectivity index (χ0v) is 20.7. The summed E-state index contributed by atoms with van der Waals surface area (Å²) in [5.41, 5.74) is 1.46. The fraction of sp³-hybridized carbons (Fsp3) is 0.435. The van der Waals surface area contributed by atoms with Crippen molar-refractivity contribution in [2.24, 2.45) is 0 Å². The number of carbonyl (C=O) groups excluding carboxylic acids is 1. The molecular weight excluding hydrogens is 495 g/mol. The zero-order valence-electron chi connectivity index (χ0n) is 17.6. The van der Waals surface area contributed by atoms with Gasteiger partial charge in [0.1, 0.15) is 18.1 Å². The number of hydrogen-bond donors (Lipinski definition) is 0. The third-order valence-corrected chi connectivity index (χ3v) is 6.32. The highest BCUT2D eigenvalue weighted by atomic mass is 35.5. The molecular formula is C23H29Cl3O5S. The van der Waals surface area contributed by atoms with Crippen molar-refractivity contribution in [1.82, 2.24) is 0 Å². The monoisotopic (exact) mass is 522 g/mol. The largest absolute Gasteiger partial charge is 0.490 e. The van der Waals surface area contributed by atoms with Gasteiger partial charge in [-0.15, -0.1) is 11.6 Å². The molecule has 0 aliphatic carbocycles. The highest BCUT2D eigenvalue weighted by Gasteiger charge is 2.26. The molecule has 0 fully saturated rings. The summed E-state index contributed by atoms with van der Waals surface area (Å²) in [6.07, 6.45) is 1.70. The highest BCUT2D eigenvalue weighted by molar-refractivity contribution is 7.91. The van der Waals surface area contributed by atoms with E-state index in [1.54, 1.807) is 12.1 Å². The average Bonchev–Trinajstić information content (AvgIpc) is 2.67. The molecule has 0 amide bonds. The lowest BCUT2D eigenvalue weighted by atomic mass is 9.78. The number of Topliss-reactive ketones (excluding diaryl/α,β-unsaturated/α-hetero) is 1. The number of carbonyl (C=O) groups is 1. The molecule has 0 saturated heterocycles. The molecule has 2 aromatic rings. The van der Waals surface area contributed by atoms with Gasteiger partial charge in [-0.2, -0.15) is 0 Å². The molecule has 0 unspecified atom stereocenters. The van der Waals surface area contributed by atoms with Crippen LogP contribution in [0.4, 0.5) is 0 Å². The molecule has 0 aliphatic rings. The number of alkyl halides is 1. The fourth-order valence-corrected chi connectivity index (χ4v) is 4.29. The average molecular weight is 524 g/mol. The first-order valence-electron chi connectivity index (χ1n) is 9.55. The number of hydrogen-bond acceptors (Lipinski definition) is 5. The molecule has 0 aromatic heterocycles. The minimum Gasteiger partial charge on any atom is -0.490 e. The van der Waals surface area contributed by atoms with Crippen LogP contribution in [0.15, 0.2) is 36.4 Å². The second-order valence-corrected chi connectivity index (χ2v) is 11.0. The van der Waals surface area contributed by atoms with Crippen molar-refractivity contribution in [3.05, 3.63) is 57.6 Å². The number of ether oxygens (including phenoxy) is 2. The van der Waals surface area contributed by atoms with Crippen molar-refractivity contribution in [1.29, 1.82) is 0 Å². The van der Waals surface area contributed by atoms with E-state index in [1.165, 1.54) is 0 Å². The molecule has 0 N–H and O–H groups in total. The standard InChI is InChI=1S/C22H25Cl3O5S.CH4/c1-22(2,16-11-19(24)21(20(25)12-16)29-10-4-9-23)15-5-7-18(8-6-15)30-13-17(26)14-31(3,27)28;/h5-8,11-12H,4,9-10,13-14H2,1-3H3;1H4. The maximum atomic E-state index is 11.7. The Labute approximate surface area is 205 Å². The second kappa shape index (κ2) is 12.1. The first-order valence-corrected chi connectivity index (χ1v) is 12.9. The molecule has 0 saturated carbocycles. The molecule has 0 heterocycles. The van der Waals surface area contributed by atoms with Crippen molar-refractivity contribution >= 4 is 50.4 Å². The van der Waals surface area contributed by atoms with E-state index in [9.17, 15) is 13.2 Å². The van der Waals surface area contributed by atoms with E-state index < -0.39 is 26.8 Å². The molecule has 32 heavy (non-hydrogen) atoms. The Balaban J connectivity index is 0.00000512. The molecule has 2 aromatic carbocycles. The minimum atomic E-state index is -3.37. The van der Waals surface area contributed by atoms with E-state index in [2.05, 4.69) is 0 Å². The SMILES string of the molecule is C.CC(C)(c1ccc(OCC(=O)CS(C)(=O)=O)cc1)c1cc(Cl)c(OCCCCl)c(Cl)c1. The lowest BCUT2D eigenvalue weighted by molar-refractivity contribution is -0.118. The van der Waals surface area contributed by atoms with Crippen LogP contribution in [-0.2, 0) is 20.0 Å². The zero-order chi connectivity index (χ0) is 23.2. The first kappa shape index (κ1) is 28.6. The van der Waals surface area contributed by atoms with Crippen molar-refractivity contribution < 1.29 is 22.7 Å². The van der Waals surface area contributed by atoms with Gasteiger partial charge in [0.05, 0.1) is 16.7 Å². The summed E-state index contributed by atoms with van der Waals surface area (Å²) in [4.78, 5) is 11.7. The molecule has 178 valence electrons. The number of rotatable bonds is 11. The molecule has 2 rings (SSSR count). The third kappa shape index (κ3) is 8.14. The Morgan fingerprint density at radius 1 is 1.00 bits per heavy atom. The van der Waals surface area contributed by atoms with Crippen LogP contribution >= 0.6 is 34.8 Å². The summed E-state index contributed by atoms with van der Waals surface area (Å²) in [6.45, 7) is 4.20. The number of halogens is 3. The second-order valence-electron chi connectivity index (χ2n) is 7.71. The van der Waals surface area contributed by atoms with E-state index >= 15 is 0 Å². The summed E-state index contributed by atoms with van der Waals surface area (Å²) >= 11 is 18.5. The third-order valence-electron chi connectivity index (χ3n) is 4.64. The molecule has 0 aliphatic heterocycles. The lowest BCUT2D eigenvalue weighted by Gasteiger charge is -2.27. The smallest absolute Gasteiger partial charge is 0.185 e. The van der Waals surface area contributed by atoms with Gasteiger partial charge >= 0.3 is 0 Å². The Bertz CT molecular complexity index is 995. The van der Waals surface area contributed by atoms with Crippen LogP contribution in [0.2, 0.25) is 10.0 Å². The van der Waals surface area contributed by atoms with Crippen molar-refractivity contribution in [2.75, 3.05) is 31.1 Å². The van der Waals surface area contributed by atoms with Gasteiger partial charge in [-0.05, 0) is 41.8 Å². The molecule has 0 bridgehead atoms. The number of benzene rings is 2. The van der Waals surface area contributed by atoms with E-state index in [0.29, 0.717) is 40.5 Å². The molecule has 0 atom stereocenters. The van der Waals surface area contributed by atoms with Gasteiger partial charge in [0, 0.05) is 17.6 Å². The topological polar surface area (TPSA) is 69.7 Å². The van der Waals surface area contributed by atoms with Crippen LogP contribution < -0.4 is 9.47 Å². The predicted octanol–water partition coefficient (Wildman–Crippen LogP) is 5.96. The van der Waals surface area contributed by atoms with Crippen LogP contribution in [0, 0.1) is 0 Å². The molecule has 9 heteroatoms. The highest BCUT2D eigenvalue weighted by Crippen LogP contribution is 2.40. The lowest BCUT2D eigenvalue weighted by Crippen LogP contribution is -2.21. The number of sulfone groups is 1. The molecule has 0 spiro atoms. The van der Waals surface area contributed by atoms with E-state index in [-0.39, 0.29) is 14.0 Å². The molecule has 5 nitrogen and oxygen atoms in total. The summed E-state index contributed by atoms with van der Waals surface area (Å²) in [7, 11) is -3.37. The predicted molar refractivity (Wildman–Crippen MR) is 133 cm³/mol. The van der Waals surface area contributed by atoms with Crippen molar-refractivity contribution in [2.45, 2.75) is 33.1 Å². The normalized spacial score (nSPS) is 11.6. The van der Waals surface area contributed by atoms with Crippen LogP contribution in [0.1, 0.15) is 38.8 Å². The van der Waals surface area contributed by atoms with Gasteiger partial charge in [-0.25, -0.2) is 8.42 Å². The first-order chi connectivity index (χ1) is 14.4. The van der Waals surface area contributed by atoms with Gasteiger partial charge in [0.25, 0.3) is 0 Å². The minimum absolute atomic E-state index is 0. The van der Waals surface area contributed by atoms with E-state index in [4.69, 9.17) is 44.3 Å². The van der Waals surface area contributed by atoms with Gasteiger partial charge in [0.2, 0.25) is 0 Å². The van der Waals surface area contributed by atoms with E-state index in [1.807, 2.05) is 38.1 Å². The Morgan fingerprint density at radius 2 is 1.56 bits per heavy atom. The summed E-state index contributed by atoms with van der Waals surface area (Å²) in [6, 6.07) is 10.9. The van der Waals surface area contributed by atoms with Crippen molar-refractivity contribution in [3.63, 3.8) is 0 Å². The Kier molecular flexibility index (Phi) is 10.8. The summed E-state index contributed by atoms with van der Waals surface area (Å²) in [5, 5.41) is 0.851.